The van der Waals surface area contributed by atoms with E-state index in [2.05, 4.69) is 38.0 Å². The van der Waals surface area contributed by atoms with Gasteiger partial charge in [0.25, 0.3) is 0 Å². The molecule has 2 heterocycles. The van der Waals surface area contributed by atoms with Crippen LogP contribution < -0.4 is 0 Å². The van der Waals surface area contributed by atoms with Crippen LogP contribution in [0.2, 0.25) is 5.02 Å². The molecule has 1 aromatic carbocycles. The highest BCUT2D eigenvalue weighted by Gasteiger charge is 2.30. The lowest BCUT2D eigenvalue weighted by Gasteiger charge is -2.10. The number of hydrogen-bond donors (Lipinski definition) is 0. The zero-order chi connectivity index (χ0) is 15.8. The summed E-state index contributed by atoms with van der Waals surface area (Å²) in [5, 5.41) is 25.4. The molecule has 4 rings (SSSR count). The summed E-state index contributed by atoms with van der Waals surface area (Å²) in [6.45, 7) is 2.05. The van der Waals surface area contributed by atoms with Gasteiger partial charge in [0, 0.05) is 5.02 Å². The van der Waals surface area contributed by atoms with Gasteiger partial charge in [0.15, 0.2) is 5.82 Å². The second-order valence-corrected chi connectivity index (χ2v) is 7.07. The molecule has 0 saturated heterocycles. The number of hydrogen-bond acceptors (Lipinski definition) is 7. The second kappa shape index (κ2) is 5.89. The number of benzene rings is 1. The molecule has 1 aliphatic rings. The summed E-state index contributed by atoms with van der Waals surface area (Å²) in [5.74, 6) is 0.850. The van der Waals surface area contributed by atoms with E-state index < -0.39 is 0 Å². The van der Waals surface area contributed by atoms with Crippen LogP contribution in [-0.2, 0) is 0 Å². The summed E-state index contributed by atoms with van der Waals surface area (Å²) in [6.07, 6.45) is 2.27. The van der Waals surface area contributed by atoms with E-state index in [4.69, 9.17) is 11.6 Å². The Morgan fingerprint density at radius 1 is 1.13 bits per heavy atom. The maximum absolute atomic E-state index is 5.93. The quantitative estimate of drug-likeness (QED) is 0.654. The maximum atomic E-state index is 5.93. The van der Waals surface area contributed by atoms with Gasteiger partial charge < -0.3 is 0 Å². The molecule has 1 atom stereocenters. The number of rotatable bonds is 5. The molecule has 1 aliphatic carbocycles. The number of tetrazole rings is 2. The van der Waals surface area contributed by atoms with Crippen molar-refractivity contribution in [2.75, 3.05) is 0 Å². The fourth-order valence-electron chi connectivity index (χ4n) is 2.25. The predicted octanol–water partition coefficient (Wildman–Crippen LogP) is 2.49. The minimum atomic E-state index is 0.0441. The van der Waals surface area contributed by atoms with Crippen LogP contribution in [0, 0.1) is 0 Å². The van der Waals surface area contributed by atoms with Crippen LogP contribution in [-0.4, -0.2) is 40.4 Å². The summed E-state index contributed by atoms with van der Waals surface area (Å²) in [5.41, 5.74) is 0.857. The molecule has 2 aromatic heterocycles. The lowest BCUT2D eigenvalue weighted by molar-refractivity contribution is 0.583. The third-order valence-electron chi connectivity index (χ3n) is 3.57. The van der Waals surface area contributed by atoms with E-state index in [-0.39, 0.29) is 5.25 Å². The van der Waals surface area contributed by atoms with Crippen LogP contribution in [0.3, 0.4) is 0 Å². The van der Waals surface area contributed by atoms with Crippen molar-refractivity contribution in [2.24, 2.45) is 0 Å². The highest BCUT2D eigenvalue weighted by atomic mass is 35.5. The summed E-state index contributed by atoms with van der Waals surface area (Å²) in [4.78, 5) is 0. The molecular weight excluding hydrogens is 336 g/mol. The molecule has 23 heavy (non-hydrogen) atoms. The number of aromatic nitrogens is 8. The average Bonchev–Trinajstić information content (AvgIpc) is 3.09. The van der Waals surface area contributed by atoms with E-state index in [1.54, 1.807) is 4.68 Å². The van der Waals surface area contributed by atoms with Gasteiger partial charge in [0.2, 0.25) is 5.16 Å². The van der Waals surface area contributed by atoms with Crippen molar-refractivity contribution in [3.8, 4) is 5.69 Å². The Labute approximate surface area is 141 Å². The Kier molecular flexibility index (Phi) is 3.74. The topological polar surface area (TPSA) is 87.2 Å². The van der Waals surface area contributed by atoms with Crippen LogP contribution in [0.25, 0.3) is 5.69 Å². The van der Waals surface area contributed by atoms with E-state index in [0.29, 0.717) is 16.2 Å². The molecule has 8 nitrogen and oxygen atoms in total. The maximum Gasteiger partial charge on any atom is 0.214 e. The van der Waals surface area contributed by atoms with E-state index in [9.17, 15) is 0 Å². The molecule has 1 fully saturated rings. The van der Waals surface area contributed by atoms with Gasteiger partial charge in [0.05, 0.1) is 17.0 Å². The molecular formula is C13H13ClN8S. The Hall–Kier alpha value is -2.00. The standard InChI is InChI=1S/C13H13ClN8S/c1-8(12-15-17-19-21(12)10-6-7-10)23-13-16-18-20-22(13)11-4-2-9(14)3-5-11/h2-5,8,10H,6-7H2,1H3. The smallest absolute Gasteiger partial charge is 0.214 e. The van der Waals surface area contributed by atoms with Crippen molar-refractivity contribution in [1.29, 1.82) is 0 Å². The average molecular weight is 349 g/mol. The van der Waals surface area contributed by atoms with Gasteiger partial charge in [-0.2, -0.15) is 4.68 Å². The fourth-order valence-corrected chi connectivity index (χ4v) is 3.28. The molecule has 0 N–H and O–H groups in total. The van der Waals surface area contributed by atoms with Gasteiger partial charge >= 0.3 is 0 Å². The van der Waals surface area contributed by atoms with Crippen molar-refractivity contribution in [3.63, 3.8) is 0 Å². The number of nitrogens with zero attached hydrogens (tertiary/aromatic N) is 8. The first-order valence-electron chi connectivity index (χ1n) is 7.21. The lowest BCUT2D eigenvalue weighted by atomic mass is 10.3. The third kappa shape index (κ3) is 2.93. The molecule has 0 bridgehead atoms. The van der Waals surface area contributed by atoms with Gasteiger partial charge in [0.1, 0.15) is 0 Å². The van der Waals surface area contributed by atoms with Gasteiger partial charge in [-0.3, -0.25) is 0 Å². The van der Waals surface area contributed by atoms with Gasteiger partial charge in [-0.1, -0.05) is 23.4 Å². The molecule has 1 unspecified atom stereocenters. The molecule has 1 saturated carbocycles. The number of halogens is 1. The van der Waals surface area contributed by atoms with Crippen molar-refractivity contribution < 1.29 is 0 Å². The molecule has 0 radical (unpaired) electrons. The zero-order valence-electron chi connectivity index (χ0n) is 12.2. The first-order chi connectivity index (χ1) is 11.2. The van der Waals surface area contributed by atoms with Gasteiger partial charge in [-0.15, -0.1) is 10.2 Å². The Bertz CT molecular complexity index is 810. The summed E-state index contributed by atoms with van der Waals surface area (Å²) >= 11 is 7.45. The Balaban J connectivity index is 1.58. The van der Waals surface area contributed by atoms with E-state index in [0.717, 1.165) is 24.4 Å². The van der Waals surface area contributed by atoms with E-state index >= 15 is 0 Å². The van der Waals surface area contributed by atoms with Gasteiger partial charge in [-0.25, -0.2) is 4.68 Å². The van der Waals surface area contributed by atoms with Gasteiger partial charge in [-0.05, 0) is 64.9 Å². The highest BCUT2D eigenvalue weighted by molar-refractivity contribution is 7.99. The van der Waals surface area contributed by atoms with Crippen LogP contribution in [0.1, 0.15) is 36.9 Å². The van der Waals surface area contributed by atoms with Crippen LogP contribution in [0.4, 0.5) is 0 Å². The largest absolute Gasteiger partial charge is 0.225 e. The summed E-state index contributed by atoms with van der Waals surface area (Å²) in [6, 6.07) is 7.81. The summed E-state index contributed by atoms with van der Waals surface area (Å²) in [7, 11) is 0. The minimum absolute atomic E-state index is 0.0441. The fraction of sp³-hybridized carbons (Fsp3) is 0.385. The lowest BCUT2D eigenvalue weighted by Crippen LogP contribution is -2.06. The van der Waals surface area contributed by atoms with Crippen LogP contribution >= 0.6 is 23.4 Å². The number of thioether (sulfide) groups is 1. The molecule has 0 spiro atoms. The molecule has 0 amide bonds. The van der Waals surface area contributed by atoms with E-state index in [1.807, 2.05) is 28.9 Å². The summed E-state index contributed by atoms with van der Waals surface area (Å²) < 4.78 is 3.59. The first-order valence-corrected chi connectivity index (χ1v) is 8.47. The minimum Gasteiger partial charge on any atom is -0.225 e. The molecule has 10 heteroatoms. The molecule has 118 valence electrons. The van der Waals surface area contributed by atoms with Crippen molar-refractivity contribution in [2.45, 2.75) is 36.2 Å². The highest BCUT2D eigenvalue weighted by Crippen LogP contribution is 2.39. The Morgan fingerprint density at radius 2 is 1.87 bits per heavy atom. The van der Waals surface area contributed by atoms with E-state index in [1.165, 1.54) is 11.8 Å². The van der Waals surface area contributed by atoms with Crippen molar-refractivity contribution in [3.05, 3.63) is 35.1 Å². The molecule has 3 aromatic rings. The SMILES string of the molecule is CC(Sc1nnnn1-c1ccc(Cl)cc1)c1nnnn1C1CC1. The van der Waals surface area contributed by atoms with Crippen LogP contribution in [0.5, 0.6) is 0 Å². The van der Waals surface area contributed by atoms with Crippen LogP contribution in [0.15, 0.2) is 29.4 Å². The van der Waals surface area contributed by atoms with Crippen molar-refractivity contribution in [1.82, 2.24) is 40.4 Å². The zero-order valence-corrected chi connectivity index (χ0v) is 13.8. The Morgan fingerprint density at radius 3 is 2.61 bits per heavy atom. The van der Waals surface area contributed by atoms with Crippen molar-refractivity contribution >= 4 is 23.4 Å². The third-order valence-corrected chi connectivity index (χ3v) is 4.85. The monoisotopic (exact) mass is 348 g/mol. The first kappa shape index (κ1) is 14.6. The normalized spacial score (nSPS) is 15.7. The molecule has 0 aliphatic heterocycles. The predicted molar refractivity (Wildman–Crippen MR) is 84.5 cm³/mol. The second-order valence-electron chi connectivity index (χ2n) is 5.32.